The van der Waals surface area contributed by atoms with Crippen LogP contribution in [0, 0.1) is 21.4 Å². The number of nitrogens with one attached hydrogen (secondary N) is 1. The Morgan fingerprint density at radius 1 is 1.20 bits per heavy atom. The number of hydrogen-bond acceptors (Lipinski definition) is 4. The Morgan fingerprint density at radius 2 is 1.95 bits per heavy atom. The first kappa shape index (κ1) is 14.1. The molecule has 0 aromatic heterocycles. The number of anilines is 2. The van der Waals surface area contributed by atoms with Crippen molar-refractivity contribution in [3.63, 3.8) is 0 Å². The average Bonchev–Trinajstić information content (AvgIpc) is 2.44. The zero-order valence-electron chi connectivity index (χ0n) is 9.93. The fraction of sp³-hybridized carbons (Fsp3) is 0. The average molecular weight is 308 g/mol. The van der Waals surface area contributed by atoms with Crippen molar-refractivity contribution in [3.05, 3.63) is 62.1 Å². The first-order valence-corrected chi connectivity index (χ1v) is 6.18. The first-order valence-electron chi connectivity index (χ1n) is 5.42. The van der Waals surface area contributed by atoms with E-state index in [0.717, 1.165) is 0 Å². The standard InChI is InChI=1S/C13H7Cl2N3O2/c14-10-2-1-3-12(13(10)15)17-11-5-4-9(18(19)20)6-8(11)7-16/h1-6,17H. The Bertz CT molecular complexity index is 726. The highest BCUT2D eigenvalue weighted by molar-refractivity contribution is 6.43. The maximum absolute atomic E-state index is 10.7. The summed E-state index contributed by atoms with van der Waals surface area (Å²) in [7, 11) is 0. The zero-order valence-corrected chi connectivity index (χ0v) is 11.4. The van der Waals surface area contributed by atoms with Gasteiger partial charge in [-0.05, 0) is 18.2 Å². The van der Waals surface area contributed by atoms with Crippen molar-refractivity contribution in [2.75, 3.05) is 5.32 Å². The van der Waals surface area contributed by atoms with Gasteiger partial charge in [0, 0.05) is 12.1 Å². The van der Waals surface area contributed by atoms with E-state index in [1.54, 1.807) is 18.2 Å². The Morgan fingerprint density at radius 3 is 2.60 bits per heavy atom. The lowest BCUT2D eigenvalue weighted by molar-refractivity contribution is -0.384. The summed E-state index contributed by atoms with van der Waals surface area (Å²) >= 11 is 11.9. The minimum atomic E-state index is -0.559. The molecule has 0 aliphatic rings. The van der Waals surface area contributed by atoms with Gasteiger partial charge in [-0.25, -0.2) is 0 Å². The van der Waals surface area contributed by atoms with Gasteiger partial charge in [-0.15, -0.1) is 0 Å². The van der Waals surface area contributed by atoms with Gasteiger partial charge in [0.15, 0.2) is 0 Å². The summed E-state index contributed by atoms with van der Waals surface area (Å²) in [6.07, 6.45) is 0. The molecular weight excluding hydrogens is 301 g/mol. The number of nitro benzene ring substituents is 1. The van der Waals surface area contributed by atoms with Crippen LogP contribution in [0.25, 0.3) is 0 Å². The van der Waals surface area contributed by atoms with Crippen molar-refractivity contribution in [2.45, 2.75) is 0 Å². The molecule has 5 nitrogen and oxygen atoms in total. The van der Waals surface area contributed by atoms with Gasteiger partial charge in [0.2, 0.25) is 0 Å². The van der Waals surface area contributed by atoms with Gasteiger partial charge < -0.3 is 5.32 Å². The summed E-state index contributed by atoms with van der Waals surface area (Å²) in [5.41, 5.74) is 0.936. The highest BCUT2D eigenvalue weighted by atomic mass is 35.5. The van der Waals surface area contributed by atoms with Crippen LogP contribution in [0.3, 0.4) is 0 Å². The van der Waals surface area contributed by atoms with E-state index in [4.69, 9.17) is 28.5 Å². The van der Waals surface area contributed by atoms with E-state index in [-0.39, 0.29) is 11.3 Å². The predicted molar refractivity (Wildman–Crippen MR) is 77.6 cm³/mol. The van der Waals surface area contributed by atoms with Crippen LogP contribution in [0.5, 0.6) is 0 Å². The fourth-order valence-corrected chi connectivity index (χ4v) is 1.94. The van der Waals surface area contributed by atoms with Crippen LogP contribution in [-0.4, -0.2) is 4.92 Å². The van der Waals surface area contributed by atoms with Gasteiger partial charge in [-0.3, -0.25) is 10.1 Å². The minimum absolute atomic E-state index is 0.148. The molecule has 0 atom stereocenters. The topological polar surface area (TPSA) is 79.0 Å². The van der Waals surface area contributed by atoms with Crippen molar-refractivity contribution in [2.24, 2.45) is 0 Å². The number of halogens is 2. The smallest absolute Gasteiger partial charge is 0.270 e. The van der Waals surface area contributed by atoms with Crippen LogP contribution in [0.2, 0.25) is 10.0 Å². The van der Waals surface area contributed by atoms with Crippen molar-refractivity contribution >= 4 is 40.3 Å². The Labute approximate surface area is 124 Å². The summed E-state index contributed by atoms with van der Waals surface area (Å²) in [6.45, 7) is 0. The van der Waals surface area contributed by atoms with Crippen molar-refractivity contribution in [3.8, 4) is 6.07 Å². The number of nitrogens with zero attached hydrogens (tertiary/aromatic N) is 2. The Kier molecular flexibility index (Phi) is 4.08. The second-order valence-corrected chi connectivity index (χ2v) is 4.61. The molecule has 0 spiro atoms. The first-order chi connectivity index (χ1) is 9.52. The SMILES string of the molecule is N#Cc1cc([N+](=O)[O-])ccc1Nc1cccc(Cl)c1Cl. The summed E-state index contributed by atoms with van der Waals surface area (Å²) in [4.78, 5) is 10.1. The fourth-order valence-electron chi connectivity index (χ4n) is 1.59. The zero-order chi connectivity index (χ0) is 14.7. The number of benzene rings is 2. The molecule has 0 unspecified atom stereocenters. The van der Waals surface area contributed by atoms with Crippen molar-refractivity contribution in [1.82, 2.24) is 0 Å². The normalized spacial score (nSPS) is 9.85. The highest BCUT2D eigenvalue weighted by Gasteiger charge is 2.12. The van der Waals surface area contributed by atoms with Crippen molar-refractivity contribution < 1.29 is 4.92 Å². The lowest BCUT2D eigenvalue weighted by Crippen LogP contribution is -1.96. The van der Waals surface area contributed by atoms with Gasteiger partial charge in [0.05, 0.1) is 31.9 Å². The van der Waals surface area contributed by atoms with Crippen LogP contribution in [0.4, 0.5) is 17.1 Å². The second-order valence-electron chi connectivity index (χ2n) is 3.83. The van der Waals surface area contributed by atoms with Crippen molar-refractivity contribution in [1.29, 1.82) is 5.26 Å². The minimum Gasteiger partial charge on any atom is -0.353 e. The summed E-state index contributed by atoms with van der Waals surface area (Å²) in [5, 5.41) is 23.4. The summed E-state index contributed by atoms with van der Waals surface area (Å²) in [5.74, 6) is 0. The molecular formula is C13H7Cl2N3O2. The van der Waals surface area contributed by atoms with Gasteiger partial charge in [0.25, 0.3) is 5.69 Å². The molecule has 0 bridgehead atoms. The third-order valence-corrected chi connectivity index (χ3v) is 3.37. The molecule has 100 valence electrons. The molecule has 7 heteroatoms. The molecule has 20 heavy (non-hydrogen) atoms. The second kappa shape index (κ2) is 5.78. The largest absolute Gasteiger partial charge is 0.353 e. The van der Waals surface area contributed by atoms with Gasteiger partial charge in [0.1, 0.15) is 6.07 Å². The molecule has 0 radical (unpaired) electrons. The number of nitriles is 1. The van der Waals surface area contributed by atoms with Gasteiger partial charge >= 0.3 is 0 Å². The maximum atomic E-state index is 10.7. The molecule has 0 aliphatic carbocycles. The molecule has 0 saturated heterocycles. The van der Waals surface area contributed by atoms with E-state index in [1.165, 1.54) is 18.2 Å². The number of non-ortho nitro benzene ring substituents is 1. The van der Waals surface area contributed by atoms with E-state index < -0.39 is 4.92 Å². The van der Waals surface area contributed by atoms with E-state index in [0.29, 0.717) is 21.4 Å². The summed E-state index contributed by atoms with van der Waals surface area (Å²) < 4.78 is 0. The highest BCUT2D eigenvalue weighted by Crippen LogP contribution is 2.33. The number of rotatable bonds is 3. The molecule has 0 amide bonds. The monoisotopic (exact) mass is 307 g/mol. The van der Waals surface area contributed by atoms with Crippen LogP contribution < -0.4 is 5.32 Å². The Hall–Kier alpha value is -2.29. The van der Waals surface area contributed by atoms with E-state index in [9.17, 15) is 10.1 Å². The molecule has 0 heterocycles. The Balaban J connectivity index is 2.42. The van der Waals surface area contributed by atoms with Gasteiger partial charge in [-0.1, -0.05) is 29.3 Å². The van der Waals surface area contributed by atoms with E-state index in [1.807, 2.05) is 6.07 Å². The quantitative estimate of drug-likeness (QED) is 0.668. The van der Waals surface area contributed by atoms with Crippen LogP contribution in [0.15, 0.2) is 36.4 Å². The molecule has 2 aromatic carbocycles. The molecule has 0 saturated carbocycles. The number of hydrogen-bond donors (Lipinski definition) is 1. The third kappa shape index (κ3) is 2.82. The lowest BCUT2D eigenvalue weighted by Gasteiger charge is -2.10. The van der Waals surface area contributed by atoms with Crippen LogP contribution in [0.1, 0.15) is 5.56 Å². The molecule has 0 fully saturated rings. The predicted octanol–water partition coefficient (Wildman–Crippen LogP) is 4.52. The maximum Gasteiger partial charge on any atom is 0.270 e. The number of nitro groups is 1. The van der Waals surface area contributed by atoms with Crippen LogP contribution in [-0.2, 0) is 0 Å². The van der Waals surface area contributed by atoms with E-state index in [2.05, 4.69) is 5.32 Å². The summed E-state index contributed by atoms with van der Waals surface area (Å²) in [6, 6.07) is 10.9. The molecule has 2 rings (SSSR count). The van der Waals surface area contributed by atoms with Crippen LogP contribution >= 0.6 is 23.2 Å². The lowest BCUT2D eigenvalue weighted by atomic mass is 10.1. The van der Waals surface area contributed by atoms with Gasteiger partial charge in [-0.2, -0.15) is 5.26 Å². The van der Waals surface area contributed by atoms with E-state index >= 15 is 0 Å². The molecule has 1 N–H and O–H groups in total. The third-order valence-electron chi connectivity index (χ3n) is 2.56. The molecule has 2 aromatic rings. The molecule has 0 aliphatic heterocycles.